The Kier molecular flexibility index (Phi) is 4.30. The van der Waals surface area contributed by atoms with Crippen molar-refractivity contribution < 1.29 is 9.47 Å². The predicted octanol–water partition coefficient (Wildman–Crippen LogP) is 0.571. The lowest BCUT2D eigenvalue weighted by atomic mass is 10.3. The van der Waals surface area contributed by atoms with Gasteiger partial charge in [-0.25, -0.2) is 0 Å². The van der Waals surface area contributed by atoms with E-state index in [0.29, 0.717) is 23.9 Å². The highest BCUT2D eigenvalue weighted by Gasteiger charge is 2.11. The quantitative estimate of drug-likeness (QED) is 0.819. The number of hydrogen-bond acceptors (Lipinski definition) is 6. The van der Waals surface area contributed by atoms with Crippen molar-refractivity contribution in [2.24, 2.45) is 5.73 Å². The fourth-order valence-corrected chi connectivity index (χ4v) is 1.66. The molecule has 7 heteroatoms. The van der Waals surface area contributed by atoms with Gasteiger partial charge in [0.05, 0.1) is 14.2 Å². The van der Waals surface area contributed by atoms with Crippen molar-refractivity contribution in [1.82, 2.24) is 20.2 Å². The number of rotatable bonds is 6. The third kappa shape index (κ3) is 3.00. The summed E-state index contributed by atoms with van der Waals surface area (Å²) in [6, 6.07) is 5.42. The van der Waals surface area contributed by atoms with Gasteiger partial charge in [0.25, 0.3) is 0 Å². The highest BCUT2D eigenvalue weighted by Crippen LogP contribution is 2.26. The van der Waals surface area contributed by atoms with Crippen LogP contribution in [0.5, 0.6) is 11.5 Å². The van der Waals surface area contributed by atoms with Crippen LogP contribution in [0.15, 0.2) is 18.2 Å². The first kappa shape index (κ1) is 13.3. The Balaban J connectivity index is 2.27. The molecule has 0 saturated carbocycles. The van der Waals surface area contributed by atoms with Gasteiger partial charge in [-0.1, -0.05) is 0 Å². The monoisotopic (exact) mass is 263 g/mol. The van der Waals surface area contributed by atoms with Crippen molar-refractivity contribution in [2.75, 3.05) is 20.8 Å². The largest absolute Gasteiger partial charge is 0.497 e. The van der Waals surface area contributed by atoms with Crippen molar-refractivity contribution >= 4 is 0 Å². The minimum atomic E-state index is 0.612. The Morgan fingerprint density at radius 2 is 2.11 bits per heavy atom. The molecule has 0 fully saturated rings. The molecule has 0 aliphatic heterocycles. The van der Waals surface area contributed by atoms with E-state index in [1.54, 1.807) is 20.3 Å². The van der Waals surface area contributed by atoms with Crippen LogP contribution >= 0.6 is 0 Å². The maximum atomic E-state index is 5.46. The second kappa shape index (κ2) is 6.14. The van der Waals surface area contributed by atoms with Gasteiger partial charge in [0.2, 0.25) is 0 Å². The number of nitrogens with zero attached hydrogens (tertiary/aromatic N) is 4. The predicted molar refractivity (Wildman–Crippen MR) is 69.6 cm³/mol. The molecule has 0 aliphatic rings. The van der Waals surface area contributed by atoms with E-state index in [1.165, 1.54) is 4.80 Å². The van der Waals surface area contributed by atoms with Gasteiger partial charge in [-0.05, 0) is 30.3 Å². The Hall–Kier alpha value is -2.15. The molecule has 7 nitrogen and oxygen atoms in total. The number of methoxy groups -OCH3 is 2. The molecule has 0 saturated heterocycles. The van der Waals surface area contributed by atoms with Crippen LogP contribution in [-0.2, 0) is 6.42 Å². The third-order valence-corrected chi connectivity index (χ3v) is 2.66. The molecule has 0 radical (unpaired) electrons. The summed E-state index contributed by atoms with van der Waals surface area (Å²) in [4.78, 5) is 1.45. The average Bonchev–Trinajstić information content (AvgIpc) is 2.92. The van der Waals surface area contributed by atoms with Gasteiger partial charge in [-0.3, -0.25) is 0 Å². The summed E-state index contributed by atoms with van der Waals surface area (Å²) in [5.41, 5.74) is 6.17. The highest BCUT2D eigenvalue weighted by molar-refractivity contribution is 5.49. The van der Waals surface area contributed by atoms with Crippen molar-refractivity contribution in [2.45, 2.75) is 12.8 Å². The average molecular weight is 263 g/mol. The van der Waals surface area contributed by atoms with E-state index in [1.807, 2.05) is 12.1 Å². The van der Waals surface area contributed by atoms with Gasteiger partial charge in [0.15, 0.2) is 5.82 Å². The van der Waals surface area contributed by atoms with Crippen LogP contribution in [0.2, 0.25) is 0 Å². The summed E-state index contributed by atoms with van der Waals surface area (Å²) >= 11 is 0. The van der Waals surface area contributed by atoms with Crippen LogP contribution in [0, 0.1) is 0 Å². The molecular weight excluding hydrogens is 246 g/mol. The van der Waals surface area contributed by atoms with Crippen LogP contribution in [-0.4, -0.2) is 41.0 Å². The number of hydrogen-bond donors (Lipinski definition) is 1. The summed E-state index contributed by atoms with van der Waals surface area (Å²) in [6.07, 6.45) is 1.56. The molecule has 0 spiro atoms. The Morgan fingerprint density at radius 1 is 1.26 bits per heavy atom. The first-order chi connectivity index (χ1) is 9.28. The van der Waals surface area contributed by atoms with Crippen molar-refractivity contribution in [3.8, 4) is 17.2 Å². The fourth-order valence-electron chi connectivity index (χ4n) is 1.66. The highest BCUT2D eigenvalue weighted by atomic mass is 16.5. The first-order valence-electron chi connectivity index (χ1n) is 6.00. The Labute approximate surface area is 111 Å². The van der Waals surface area contributed by atoms with Crippen LogP contribution < -0.4 is 15.2 Å². The molecular formula is C12H17N5O2. The van der Waals surface area contributed by atoms with Gasteiger partial charge >= 0.3 is 0 Å². The van der Waals surface area contributed by atoms with Crippen LogP contribution in [0.4, 0.5) is 0 Å². The molecule has 1 heterocycles. The van der Waals surface area contributed by atoms with Crippen molar-refractivity contribution in [1.29, 1.82) is 0 Å². The lowest BCUT2D eigenvalue weighted by Crippen LogP contribution is -2.04. The molecule has 0 bridgehead atoms. The maximum Gasteiger partial charge on any atom is 0.175 e. The van der Waals surface area contributed by atoms with Crippen LogP contribution in [0.25, 0.3) is 5.69 Å². The van der Waals surface area contributed by atoms with E-state index in [9.17, 15) is 0 Å². The maximum absolute atomic E-state index is 5.46. The molecule has 1 aromatic carbocycles. The van der Waals surface area contributed by atoms with E-state index in [4.69, 9.17) is 15.2 Å². The normalized spacial score (nSPS) is 10.5. The standard InChI is InChI=1S/C12H17N5O2/c1-18-9-5-6-10(11(8-9)19-2)17-15-12(14-16-17)4-3-7-13/h5-6,8H,3-4,7,13H2,1-2H3. The number of ether oxygens (including phenoxy) is 2. The zero-order valence-corrected chi connectivity index (χ0v) is 11.0. The number of aromatic nitrogens is 4. The topological polar surface area (TPSA) is 88.1 Å². The summed E-state index contributed by atoms with van der Waals surface area (Å²) < 4.78 is 10.5. The van der Waals surface area contributed by atoms with Gasteiger partial charge in [0, 0.05) is 12.5 Å². The lowest BCUT2D eigenvalue weighted by molar-refractivity contribution is 0.391. The molecule has 19 heavy (non-hydrogen) atoms. The lowest BCUT2D eigenvalue weighted by Gasteiger charge is -2.08. The summed E-state index contributed by atoms with van der Waals surface area (Å²) in [7, 11) is 3.19. The summed E-state index contributed by atoms with van der Waals surface area (Å²) in [5.74, 6) is 2.01. The Morgan fingerprint density at radius 3 is 2.79 bits per heavy atom. The third-order valence-electron chi connectivity index (χ3n) is 2.66. The second-order valence-corrected chi connectivity index (χ2v) is 3.93. The molecule has 2 N–H and O–H groups in total. The second-order valence-electron chi connectivity index (χ2n) is 3.93. The van der Waals surface area contributed by atoms with Crippen LogP contribution in [0.3, 0.4) is 0 Å². The zero-order valence-electron chi connectivity index (χ0n) is 11.0. The molecule has 0 amide bonds. The first-order valence-corrected chi connectivity index (χ1v) is 6.00. The van der Waals surface area contributed by atoms with E-state index in [0.717, 1.165) is 18.5 Å². The van der Waals surface area contributed by atoms with Crippen LogP contribution in [0.1, 0.15) is 12.2 Å². The molecule has 1 aromatic heterocycles. The Bertz CT molecular complexity index is 541. The number of nitrogens with two attached hydrogens (primary N) is 1. The van der Waals surface area contributed by atoms with Gasteiger partial charge in [-0.2, -0.15) is 0 Å². The minimum Gasteiger partial charge on any atom is -0.497 e. The number of benzene rings is 1. The van der Waals surface area contributed by atoms with Gasteiger partial charge < -0.3 is 15.2 Å². The van der Waals surface area contributed by atoms with Gasteiger partial charge in [0.1, 0.15) is 17.2 Å². The van der Waals surface area contributed by atoms with Crippen molar-refractivity contribution in [3.05, 3.63) is 24.0 Å². The molecule has 2 rings (SSSR count). The number of aryl methyl sites for hydroxylation is 1. The van der Waals surface area contributed by atoms with E-state index in [-0.39, 0.29) is 0 Å². The van der Waals surface area contributed by atoms with E-state index < -0.39 is 0 Å². The SMILES string of the molecule is COc1ccc(-n2nnc(CCCN)n2)c(OC)c1. The van der Waals surface area contributed by atoms with E-state index >= 15 is 0 Å². The zero-order chi connectivity index (χ0) is 13.7. The minimum absolute atomic E-state index is 0.612. The van der Waals surface area contributed by atoms with E-state index in [2.05, 4.69) is 15.4 Å². The summed E-state index contributed by atoms with van der Waals surface area (Å²) in [5, 5.41) is 12.3. The summed E-state index contributed by atoms with van der Waals surface area (Å²) in [6.45, 7) is 0.612. The number of tetrazole rings is 1. The van der Waals surface area contributed by atoms with Crippen molar-refractivity contribution in [3.63, 3.8) is 0 Å². The molecule has 0 aliphatic carbocycles. The smallest absolute Gasteiger partial charge is 0.175 e. The molecule has 2 aromatic rings. The molecule has 0 atom stereocenters. The molecule has 102 valence electrons. The van der Waals surface area contributed by atoms with Gasteiger partial charge in [-0.15, -0.1) is 15.0 Å². The molecule has 0 unspecified atom stereocenters. The fraction of sp³-hybridized carbons (Fsp3) is 0.417.